The molecular formula is C23H24ClN3O3. The van der Waals surface area contributed by atoms with Crippen molar-refractivity contribution in [3.05, 3.63) is 71.8 Å². The van der Waals surface area contributed by atoms with Crippen LogP contribution in [0.2, 0.25) is 0 Å². The quantitative estimate of drug-likeness (QED) is 0.603. The smallest absolute Gasteiger partial charge is 0.326 e. The molecule has 4 rings (SSSR count). The van der Waals surface area contributed by atoms with E-state index in [-0.39, 0.29) is 24.9 Å². The van der Waals surface area contributed by atoms with E-state index in [1.807, 2.05) is 60.7 Å². The van der Waals surface area contributed by atoms with E-state index in [2.05, 4.69) is 22.1 Å². The summed E-state index contributed by atoms with van der Waals surface area (Å²) in [5, 5.41) is 2.93. The lowest BCUT2D eigenvalue weighted by atomic mass is 9.82. The fourth-order valence-electron chi connectivity index (χ4n) is 3.72. The summed E-state index contributed by atoms with van der Waals surface area (Å²) in [6, 6.07) is 18.2. The van der Waals surface area contributed by atoms with Crippen molar-refractivity contribution in [3.8, 4) is 11.8 Å². The molecule has 3 amide bonds. The lowest BCUT2D eigenvalue weighted by Crippen LogP contribution is -2.45. The van der Waals surface area contributed by atoms with Crippen molar-refractivity contribution >= 4 is 24.3 Å². The Morgan fingerprint density at radius 1 is 0.867 bits per heavy atom. The molecule has 2 aromatic carbocycles. The normalized spacial score (nSPS) is 18.2. The zero-order chi connectivity index (χ0) is 20.1. The number of carbonyl (C=O) groups is 2. The van der Waals surface area contributed by atoms with Crippen LogP contribution in [0.5, 0.6) is 0 Å². The second-order valence-corrected chi connectivity index (χ2v) is 7.05. The average Bonchev–Trinajstić information content (AvgIpc) is 3.04. The minimum absolute atomic E-state index is 0. The number of urea groups is 1. The lowest BCUT2D eigenvalue weighted by Gasteiger charge is -2.27. The molecule has 1 N–H and O–H groups in total. The van der Waals surface area contributed by atoms with Gasteiger partial charge in [0.25, 0.3) is 5.91 Å². The van der Waals surface area contributed by atoms with E-state index >= 15 is 0 Å². The van der Waals surface area contributed by atoms with Gasteiger partial charge in [0.2, 0.25) is 0 Å². The van der Waals surface area contributed by atoms with E-state index < -0.39 is 11.6 Å². The second-order valence-electron chi connectivity index (χ2n) is 7.05. The van der Waals surface area contributed by atoms with E-state index in [0.717, 1.165) is 24.2 Å². The Morgan fingerprint density at radius 3 is 1.97 bits per heavy atom. The number of nitrogens with zero attached hydrogens (tertiary/aromatic N) is 2. The van der Waals surface area contributed by atoms with Gasteiger partial charge in [-0.2, -0.15) is 0 Å². The molecule has 2 aliphatic heterocycles. The van der Waals surface area contributed by atoms with Crippen LogP contribution in [0.15, 0.2) is 60.7 Å². The number of carbonyl (C=O) groups excluding carboxylic acids is 2. The van der Waals surface area contributed by atoms with Crippen LogP contribution in [0.1, 0.15) is 11.1 Å². The summed E-state index contributed by atoms with van der Waals surface area (Å²) >= 11 is 0. The van der Waals surface area contributed by atoms with Gasteiger partial charge in [-0.15, -0.1) is 12.4 Å². The van der Waals surface area contributed by atoms with E-state index in [1.54, 1.807) is 0 Å². The molecular weight excluding hydrogens is 402 g/mol. The Labute approximate surface area is 182 Å². The number of hydrogen-bond acceptors (Lipinski definition) is 4. The Bertz CT molecular complexity index is 895. The van der Waals surface area contributed by atoms with Gasteiger partial charge in [0, 0.05) is 13.1 Å². The van der Waals surface area contributed by atoms with E-state index in [9.17, 15) is 9.59 Å². The molecule has 0 atom stereocenters. The number of ether oxygens (including phenoxy) is 1. The van der Waals surface area contributed by atoms with Crippen molar-refractivity contribution in [2.45, 2.75) is 5.54 Å². The number of benzene rings is 2. The zero-order valence-corrected chi connectivity index (χ0v) is 17.4. The first-order valence-corrected chi connectivity index (χ1v) is 9.73. The lowest BCUT2D eigenvalue weighted by molar-refractivity contribution is -0.129. The monoisotopic (exact) mass is 425 g/mol. The predicted octanol–water partition coefficient (Wildman–Crippen LogP) is 2.24. The van der Waals surface area contributed by atoms with Crippen molar-refractivity contribution in [2.24, 2.45) is 0 Å². The van der Waals surface area contributed by atoms with E-state index in [1.165, 1.54) is 4.90 Å². The van der Waals surface area contributed by atoms with Crippen molar-refractivity contribution in [1.82, 2.24) is 15.1 Å². The Hall–Kier alpha value is -2.85. The molecule has 2 heterocycles. The number of nitrogens with one attached hydrogen (secondary N) is 1. The maximum Gasteiger partial charge on any atom is 0.326 e. The van der Waals surface area contributed by atoms with Gasteiger partial charge >= 0.3 is 6.03 Å². The first kappa shape index (κ1) is 21.8. The minimum Gasteiger partial charge on any atom is -0.379 e. The highest BCUT2D eigenvalue weighted by Gasteiger charge is 2.53. The van der Waals surface area contributed by atoms with Crippen LogP contribution in [0.25, 0.3) is 0 Å². The van der Waals surface area contributed by atoms with E-state index in [0.29, 0.717) is 19.8 Å². The van der Waals surface area contributed by atoms with Crippen molar-refractivity contribution < 1.29 is 14.3 Å². The number of hydrogen-bond donors (Lipinski definition) is 1. The van der Waals surface area contributed by atoms with Crippen LogP contribution in [0.3, 0.4) is 0 Å². The first-order valence-electron chi connectivity index (χ1n) is 9.73. The number of imide groups is 1. The summed E-state index contributed by atoms with van der Waals surface area (Å²) in [4.78, 5) is 29.6. The summed E-state index contributed by atoms with van der Waals surface area (Å²) in [7, 11) is 0. The van der Waals surface area contributed by atoms with Crippen molar-refractivity contribution in [3.63, 3.8) is 0 Å². The molecule has 0 spiro atoms. The van der Waals surface area contributed by atoms with Gasteiger partial charge in [-0.1, -0.05) is 72.5 Å². The molecule has 2 aromatic rings. The molecule has 0 aliphatic carbocycles. The van der Waals surface area contributed by atoms with Crippen LogP contribution in [-0.4, -0.2) is 61.1 Å². The molecule has 6 nitrogen and oxygen atoms in total. The molecule has 0 aromatic heterocycles. The van der Waals surface area contributed by atoms with Crippen molar-refractivity contribution in [1.29, 1.82) is 0 Å². The summed E-state index contributed by atoms with van der Waals surface area (Å²) in [6.45, 7) is 3.80. The summed E-state index contributed by atoms with van der Waals surface area (Å²) < 4.78 is 5.33. The standard InChI is InChI=1S/C23H23N3O3.ClH/c27-21-23(19-9-3-1-4-10-19,20-11-5-2-6-12-20)24-22(28)26(21)14-8-7-13-25-15-17-29-18-16-25;/h1-6,9-12H,13-18H2,(H,24,28);1H. The van der Waals surface area contributed by atoms with Crippen LogP contribution in [0, 0.1) is 11.8 Å². The summed E-state index contributed by atoms with van der Waals surface area (Å²) in [5.41, 5.74) is 0.229. The highest BCUT2D eigenvalue weighted by molar-refractivity contribution is 6.09. The fourth-order valence-corrected chi connectivity index (χ4v) is 3.72. The predicted molar refractivity (Wildman–Crippen MR) is 116 cm³/mol. The Balaban J connectivity index is 0.00000256. The number of rotatable bonds is 4. The van der Waals surface area contributed by atoms with Gasteiger partial charge in [0.1, 0.15) is 0 Å². The van der Waals surface area contributed by atoms with Gasteiger partial charge in [-0.3, -0.25) is 9.69 Å². The number of amides is 3. The number of halogens is 1. The fraction of sp³-hybridized carbons (Fsp3) is 0.304. The molecule has 0 saturated carbocycles. The van der Waals surface area contributed by atoms with Gasteiger partial charge in [0.05, 0.1) is 26.3 Å². The highest BCUT2D eigenvalue weighted by Crippen LogP contribution is 2.35. The van der Waals surface area contributed by atoms with E-state index in [4.69, 9.17) is 4.74 Å². The third-order valence-electron chi connectivity index (χ3n) is 5.29. The van der Waals surface area contributed by atoms with Crippen LogP contribution < -0.4 is 5.32 Å². The first-order chi connectivity index (χ1) is 14.2. The molecule has 2 fully saturated rings. The molecule has 2 saturated heterocycles. The molecule has 7 heteroatoms. The minimum atomic E-state index is -1.23. The van der Waals surface area contributed by atoms with Gasteiger partial charge < -0.3 is 10.1 Å². The Kier molecular flexibility index (Phi) is 7.11. The summed E-state index contributed by atoms with van der Waals surface area (Å²) in [5.74, 6) is 5.76. The van der Waals surface area contributed by atoms with Crippen LogP contribution in [0.4, 0.5) is 4.79 Å². The summed E-state index contributed by atoms with van der Waals surface area (Å²) in [6.07, 6.45) is 0. The third kappa shape index (κ3) is 4.19. The molecule has 0 radical (unpaired) electrons. The largest absolute Gasteiger partial charge is 0.379 e. The van der Waals surface area contributed by atoms with Gasteiger partial charge in [-0.25, -0.2) is 9.69 Å². The van der Waals surface area contributed by atoms with Crippen LogP contribution in [-0.2, 0) is 15.1 Å². The SMILES string of the molecule is Cl.O=C1NC(c2ccccc2)(c2ccccc2)C(=O)N1CC#CCN1CCOCC1. The topological polar surface area (TPSA) is 61.9 Å². The van der Waals surface area contributed by atoms with Gasteiger partial charge in [-0.05, 0) is 11.1 Å². The molecule has 156 valence electrons. The second kappa shape index (κ2) is 9.77. The van der Waals surface area contributed by atoms with Crippen molar-refractivity contribution in [2.75, 3.05) is 39.4 Å². The number of morpholine rings is 1. The Morgan fingerprint density at radius 2 is 1.40 bits per heavy atom. The zero-order valence-electron chi connectivity index (χ0n) is 16.5. The molecule has 0 bridgehead atoms. The van der Waals surface area contributed by atoms with Gasteiger partial charge in [0.15, 0.2) is 5.54 Å². The van der Waals surface area contributed by atoms with Crippen LogP contribution >= 0.6 is 12.4 Å². The molecule has 30 heavy (non-hydrogen) atoms. The highest BCUT2D eigenvalue weighted by atomic mass is 35.5. The third-order valence-corrected chi connectivity index (χ3v) is 5.29. The molecule has 2 aliphatic rings. The maximum absolute atomic E-state index is 13.5. The maximum atomic E-state index is 13.5. The molecule has 0 unspecified atom stereocenters. The average molecular weight is 426 g/mol.